The summed E-state index contributed by atoms with van der Waals surface area (Å²) < 4.78 is 23.1. The number of hydrogen-bond acceptors (Lipinski definition) is 7. The number of carbonyl (C=O) groups is 2. The molecule has 0 fully saturated rings. The average molecular weight is 539 g/mol. The highest BCUT2D eigenvalue weighted by atomic mass is 35.5. The average Bonchev–Trinajstić information content (AvgIpc) is 2.81. The van der Waals surface area contributed by atoms with Crippen molar-refractivity contribution in [3.63, 3.8) is 0 Å². The molecule has 184 valence electrons. The van der Waals surface area contributed by atoms with Crippen molar-refractivity contribution in [2.45, 2.75) is 24.8 Å². The number of quaternary nitrogens is 1. The van der Waals surface area contributed by atoms with Crippen LogP contribution in [0.5, 0.6) is 0 Å². The fraction of sp³-hybridized carbons (Fsp3) is 0.182. The normalized spacial score (nSPS) is 14.0. The molecule has 1 unspecified atom stereocenters. The Morgan fingerprint density at radius 1 is 1.06 bits per heavy atom. The second-order valence-corrected chi connectivity index (χ2v) is 10.5. The maximum atomic E-state index is 12.5. The molecule has 3 aromatic rings. The van der Waals surface area contributed by atoms with Crippen LogP contribution in [0.1, 0.15) is 25.5 Å². The molecule has 2 aromatic carbocycles. The molecule has 0 aliphatic heterocycles. The van der Waals surface area contributed by atoms with Crippen molar-refractivity contribution < 1.29 is 27.3 Å². The van der Waals surface area contributed by atoms with Crippen molar-refractivity contribution in [2.75, 3.05) is 12.4 Å². The van der Waals surface area contributed by atoms with Crippen molar-refractivity contribution in [2.24, 2.45) is 0 Å². The molecule has 2 atom stereocenters. The summed E-state index contributed by atoms with van der Waals surface area (Å²) in [6.07, 6.45) is 4.64. The van der Waals surface area contributed by atoms with E-state index in [1.807, 2.05) is 0 Å². The lowest BCUT2D eigenvalue weighted by Crippen LogP contribution is -2.49. The number of urea groups is 1. The summed E-state index contributed by atoms with van der Waals surface area (Å²) in [5, 5.41) is 15.9. The van der Waals surface area contributed by atoms with E-state index in [4.69, 9.17) is 23.2 Å². The van der Waals surface area contributed by atoms with Crippen LogP contribution in [-0.2, 0) is 14.8 Å². The number of halogens is 2. The lowest BCUT2D eigenvalue weighted by molar-refractivity contribution is -0.917. The standard InChI is InChI=1S/C22H21Cl2N5O5S/c1-13(17-8-9-18(21(24)20(17)23)19-12-25-10-11-26-19)27-22(31)28-15-4-6-16(7-5-15)35(33,34)29(3,32)14(2)30/h4-13,32H,1-3H3,(H-,27,28,31)/p+1/t13-,29?/m0/s1. The molecular formula is C22H22Cl2N5O5S+. The van der Waals surface area contributed by atoms with Crippen LogP contribution in [0.4, 0.5) is 10.5 Å². The van der Waals surface area contributed by atoms with Gasteiger partial charge < -0.3 is 10.6 Å². The third-order valence-electron chi connectivity index (χ3n) is 5.23. The van der Waals surface area contributed by atoms with Gasteiger partial charge in [-0.1, -0.05) is 35.3 Å². The molecule has 0 radical (unpaired) electrons. The van der Waals surface area contributed by atoms with Gasteiger partial charge in [-0.2, -0.15) is 13.6 Å². The zero-order chi connectivity index (χ0) is 26.0. The zero-order valence-electron chi connectivity index (χ0n) is 18.9. The number of nitrogens with zero attached hydrogens (tertiary/aromatic N) is 3. The second kappa shape index (κ2) is 10.3. The first-order chi connectivity index (χ1) is 16.4. The molecule has 35 heavy (non-hydrogen) atoms. The first-order valence-corrected chi connectivity index (χ1v) is 12.3. The molecule has 0 aliphatic carbocycles. The minimum Gasteiger partial charge on any atom is -0.331 e. The molecular weight excluding hydrogens is 517 g/mol. The Morgan fingerprint density at radius 2 is 1.71 bits per heavy atom. The molecule has 13 heteroatoms. The van der Waals surface area contributed by atoms with Crippen molar-refractivity contribution in [1.82, 2.24) is 15.3 Å². The summed E-state index contributed by atoms with van der Waals surface area (Å²) in [5.41, 5.74) is 2.01. The largest absolute Gasteiger partial charge is 0.364 e. The Morgan fingerprint density at radius 3 is 2.29 bits per heavy atom. The molecule has 0 aliphatic rings. The van der Waals surface area contributed by atoms with Gasteiger partial charge in [-0.05, 0) is 40.8 Å². The van der Waals surface area contributed by atoms with Gasteiger partial charge in [0.05, 0.1) is 34.9 Å². The zero-order valence-corrected chi connectivity index (χ0v) is 21.2. The topological polar surface area (TPSA) is 138 Å². The van der Waals surface area contributed by atoms with Crippen molar-refractivity contribution in [3.8, 4) is 11.3 Å². The minimum absolute atomic E-state index is 0.257. The minimum atomic E-state index is -4.39. The highest BCUT2D eigenvalue weighted by Crippen LogP contribution is 2.37. The van der Waals surface area contributed by atoms with Gasteiger partial charge in [0.25, 0.3) is 0 Å². The van der Waals surface area contributed by atoms with Gasteiger partial charge in [-0.25, -0.2) is 9.59 Å². The van der Waals surface area contributed by atoms with Gasteiger partial charge in [0.15, 0.2) is 0 Å². The van der Waals surface area contributed by atoms with Crippen LogP contribution in [0, 0.1) is 0 Å². The number of rotatable bonds is 6. The SMILES string of the molecule is CC(=O)[N+](C)(O)S(=O)(=O)c1ccc(NC(=O)N[C@@H](C)c2ccc(-c3cnccn3)c(Cl)c2Cl)cc1. The maximum absolute atomic E-state index is 12.5. The maximum Gasteiger partial charge on any atom is 0.364 e. The van der Waals surface area contributed by atoms with E-state index >= 15 is 0 Å². The Balaban J connectivity index is 1.71. The molecule has 3 rings (SSSR count). The highest BCUT2D eigenvalue weighted by molar-refractivity contribution is 7.86. The van der Waals surface area contributed by atoms with E-state index in [1.54, 1.807) is 31.5 Å². The van der Waals surface area contributed by atoms with E-state index < -0.39 is 32.1 Å². The van der Waals surface area contributed by atoms with E-state index in [0.29, 0.717) is 16.8 Å². The van der Waals surface area contributed by atoms with Gasteiger partial charge in [0.1, 0.15) is 11.9 Å². The summed E-state index contributed by atoms with van der Waals surface area (Å²) in [6, 6.07) is 7.35. The quantitative estimate of drug-likeness (QED) is 0.240. The lowest BCUT2D eigenvalue weighted by Gasteiger charge is -2.20. The summed E-state index contributed by atoms with van der Waals surface area (Å²) in [4.78, 5) is 31.9. The molecule has 1 aromatic heterocycles. The van der Waals surface area contributed by atoms with Crippen LogP contribution >= 0.6 is 23.2 Å². The number of benzene rings is 2. The molecule has 1 heterocycles. The molecule has 0 spiro atoms. The number of aromatic nitrogens is 2. The number of amides is 3. The van der Waals surface area contributed by atoms with Crippen molar-refractivity contribution in [1.29, 1.82) is 0 Å². The van der Waals surface area contributed by atoms with Crippen LogP contribution in [0.25, 0.3) is 11.3 Å². The van der Waals surface area contributed by atoms with E-state index in [1.165, 1.54) is 30.5 Å². The number of hydroxylamine groups is 2. The molecule has 10 nitrogen and oxygen atoms in total. The molecule has 3 N–H and O–H groups in total. The third kappa shape index (κ3) is 5.44. The predicted molar refractivity (Wildman–Crippen MR) is 130 cm³/mol. The Hall–Kier alpha value is -3.09. The fourth-order valence-corrected chi connectivity index (χ4v) is 4.89. The van der Waals surface area contributed by atoms with Gasteiger partial charge in [0.2, 0.25) is 0 Å². The van der Waals surface area contributed by atoms with Gasteiger partial charge in [-0.3, -0.25) is 9.97 Å². The van der Waals surface area contributed by atoms with Gasteiger partial charge in [-0.15, -0.1) is 0 Å². The van der Waals surface area contributed by atoms with Crippen molar-refractivity contribution >= 4 is 50.9 Å². The first kappa shape index (κ1) is 26.5. The number of sulfonamides is 1. The monoisotopic (exact) mass is 538 g/mol. The van der Waals surface area contributed by atoms with E-state index in [-0.39, 0.29) is 20.6 Å². The molecule has 0 saturated heterocycles. The van der Waals surface area contributed by atoms with Crippen LogP contribution in [0.15, 0.2) is 59.9 Å². The Labute approximate surface area is 212 Å². The number of nitrogens with one attached hydrogen (secondary N) is 2. The lowest BCUT2D eigenvalue weighted by atomic mass is 10.0. The van der Waals surface area contributed by atoms with Gasteiger partial charge >= 0.3 is 22.0 Å². The van der Waals surface area contributed by atoms with Crippen LogP contribution < -0.4 is 10.6 Å². The summed E-state index contributed by atoms with van der Waals surface area (Å²) in [6.45, 7) is 2.68. The highest BCUT2D eigenvalue weighted by Gasteiger charge is 2.43. The van der Waals surface area contributed by atoms with Crippen LogP contribution in [-0.4, -0.2) is 46.6 Å². The fourth-order valence-electron chi connectivity index (χ4n) is 3.06. The van der Waals surface area contributed by atoms with Crippen LogP contribution in [0.3, 0.4) is 0 Å². The molecule has 0 saturated carbocycles. The Kier molecular flexibility index (Phi) is 7.77. The van der Waals surface area contributed by atoms with Crippen molar-refractivity contribution in [3.05, 3.63) is 70.6 Å². The number of anilines is 1. The van der Waals surface area contributed by atoms with E-state index in [2.05, 4.69) is 20.6 Å². The molecule has 0 bridgehead atoms. The third-order valence-corrected chi connectivity index (χ3v) is 8.19. The number of carbonyl (C=O) groups excluding carboxylic acids is 2. The van der Waals surface area contributed by atoms with Gasteiger partial charge in [0, 0.05) is 23.6 Å². The number of hydrogen-bond donors (Lipinski definition) is 3. The summed E-state index contributed by atoms with van der Waals surface area (Å²) >= 11 is 12.9. The van der Waals surface area contributed by atoms with E-state index in [0.717, 1.165) is 14.0 Å². The second-order valence-electron chi connectivity index (χ2n) is 7.64. The Bertz CT molecular complexity index is 1370. The van der Waals surface area contributed by atoms with Crippen LogP contribution in [0.2, 0.25) is 10.0 Å². The summed E-state index contributed by atoms with van der Waals surface area (Å²) in [5.74, 6) is -0.968. The smallest absolute Gasteiger partial charge is 0.331 e. The summed E-state index contributed by atoms with van der Waals surface area (Å²) in [7, 11) is -3.53. The predicted octanol–water partition coefficient (Wildman–Crippen LogP) is 4.40. The van der Waals surface area contributed by atoms with E-state index in [9.17, 15) is 23.2 Å². The first-order valence-electron chi connectivity index (χ1n) is 10.1. The molecule has 3 amide bonds.